The summed E-state index contributed by atoms with van der Waals surface area (Å²) < 4.78 is 6.96. The Morgan fingerprint density at radius 3 is 2.57 bits per heavy atom. The first-order chi connectivity index (χ1) is 19.8. The molecule has 10 nitrogen and oxygen atoms in total. The van der Waals surface area contributed by atoms with Crippen LogP contribution in [0.5, 0.6) is 0 Å². The summed E-state index contributed by atoms with van der Waals surface area (Å²) in [6, 6.07) is 11.7. The number of carboxylic acids is 1. The van der Waals surface area contributed by atoms with Gasteiger partial charge >= 0.3 is 11.9 Å². The largest absolute Gasteiger partial charge is 0.477 e. The number of halogens is 1. The van der Waals surface area contributed by atoms with Crippen molar-refractivity contribution in [1.82, 2.24) is 19.9 Å². The van der Waals surface area contributed by atoms with E-state index >= 15 is 0 Å². The number of anilines is 1. The number of carbonyl (C=O) groups excluding carboxylic acids is 2. The lowest BCUT2D eigenvalue weighted by atomic mass is 9.97. The predicted molar refractivity (Wildman–Crippen MR) is 159 cm³/mol. The van der Waals surface area contributed by atoms with E-state index in [9.17, 15) is 19.5 Å². The lowest BCUT2D eigenvalue weighted by Gasteiger charge is -2.22. The molecule has 0 aliphatic heterocycles. The second-order valence-electron chi connectivity index (χ2n) is 11.1. The van der Waals surface area contributed by atoms with Crippen LogP contribution in [0.1, 0.15) is 86.8 Å². The van der Waals surface area contributed by atoms with Crippen molar-refractivity contribution in [2.75, 3.05) is 5.32 Å². The Balaban J connectivity index is 1.44. The smallest absolute Gasteiger partial charge is 0.354 e. The number of nitrogens with zero attached hydrogens (tertiary/aromatic N) is 3. The van der Waals surface area contributed by atoms with E-state index in [0.29, 0.717) is 27.7 Å². The molecule has 2 aromatic carbocycles. The third kappa shape index (κ3) is 5.58. The number of hydrogen-bond donors (Lipinski definition) is 3. The summed E-state index contributed by atoms with van der Waals surface area (Å²) in [4.78, 5) is 42.0. The van der Waals surface area contributed by atoms with E-state index in [1.165, 1.54) is 16.8 Å². The van der Waals surface area contributed by atoms with E-state index in [2.05, 4.69) is 27.3 Å². The number of amides is 1. The highest BCUT2D eigenvalue weighted by molar-refractivity contribution is 6.34. The Morgan fingerprint density at radius 1 is 1.14 bits per heavy atom. The highest BCUT2D eigenvalue weighted by atomic mass is 35.5. The Hall–Kier alpha value is -4.70. The number of hydrogen-bond acceptors (Lipinski definition) is 7. The highest BCUT2D eigenvalue weighted by Gasteiger charge is 2.29. The third-order valence-corrected chi connectivity index (χ3v) is 7.36. The molecular formula is C31H30ClN5O5. The molecule has 0 saturated carbocycles. The number of carboxylic acid groups (broad SMARTS) is 1. The molecule has 3 N–H and O–H groups in total. The fourth-order valence-corrected chi connectivity index (χ4v) is 5.25. The van der Waals surface area contributed by atoms with Crippen LogP contribution in [0.25, 0.3) is 11.3 Å². The van der Waals surface area contributed by atoms with Crippen LogP contribution in [-0.4, -0.2) is 43.2 Å². The molecule has 42 heavy (non-hydrogen) atoms. The molecule has 1 atom stereocenters. The predicted octanol–water partition coefficient (Wildman–Crippen LogP) is 5.84. The SMILES string of the molecule is C=C(N[C@H]1CCc2c1ccc(C(=O)OC(C)(C)C)c2C)c1cc(C(=O)O)nc2c(C(=O)Nc3ccccc3Cl)cnn12. The van der Waals surface area contributed by atoms with Gasteiger partial charge in [-0.3, -0.25) is 4.79 Å². The van der Waals surface area contributed by atoms with E-state index in [-0.39, 0.29) is 28.9 Å². The number of esters is 1. The minimum absolute atomic E-state index is 0.0575. The van der Waals surface area contributed by atoms with Gasteiger partial charge in [-0.2, -0.15) is 5.10 Å². The van der Waals surface area contributed by atoms with Gasteiger partial charge in [-0.05, 0) is 81.5 Å². The quantitative estimate of drug-likeness (QED) is 0.229. The van der Waals surface area contributed by atoms with Gasteiger partial charge in [0.25, 0.3) is 5.91 Å². The summed E-state index contributed by atoms with van der Waals surface area (Å²) in [5.41, 5.74) is 3.88. The van der Waals surface area contributed by atoms with Gasteiger partial charge in [0.15, 0.2) is 11.3 Å². The fourth-order valence-electron chi connectivity index (χ4n) is 5.07. The Kier molecular flexibility index (Phi) is 7.51. The van der Waals surface area contributed by atoms with Crippen LogP contribution in [0.4, 0.5) is 5.69 Å². The summed E-state index contributed by atoms with van der Waals surface area (Å²) >= 11 is 6.19. The van der Waals surface area contributed by atoms with Gasteiger partial charge in [0.1, 0.15) is 11.2 Å². The Morgan fingerprint density at radius 2 is 1.88 bits per heavy atom. The van der Waals surface area contributed by atoms with E-state index in [1.54, 1.807) is 30.3 Å². The zero-order valence-corrected chi connectivity index (χ0v) is 24.4. The molecule has 0 spiro atoms. The number of fused-ring (bicyclic) bond motifs is 2. The van der Waals surface area contributed by atoms with Crippen LogP contribution in [0.15, 0.2) is 55.2 Å². The van der Waals surface area contributed by atoms with Crippen LogP contribution in [0, 0.1) is 6.92 Å². The fraction of sp³-hybridized carbons (Fsp3) is 0.258. The normalized spacial score (nSPS) is 14.4. The van der Waals surface area contributed by atoms with Crippen molar-refractivity contribution >= 4 is 46.5 Å². The van der Waals surface area contributed by atoms with Crippen molar-refractivity contribution in [2.24, 2.45) is 0 Å². The summed E-state index contributed by atoms with van der Waals surface area (Å²) in [5.74, 6) is -2.17. The second kappa shape index (κ2) is 10.9. The average molecular weight is 588 g/mol. The molecule has 11 heteroatoms. The van der Waals surface area contributed by atoms with E-state index in [4.69, 9.17) is 16.3 Å². The van der Waals surface area contributed by atoms with Crippen LogP contribution in [0.3, 0.4) is 0 Å². The van der Waals surface area contributed by atoms with E-state index < -0.39 is 17.5 Å². The van der Waals surface area contributed by atoms with Gasteiger partial charge in [-0.1, -0.05) is 36.4 Å². The number of aromatic nitrogens is 3. The summed E-state index contributed by atoms with van der Waals surface area (Å²) in [7, 11) is 0. The lowest BCUT2D eigenvalue weighted by Crippen LogP contribution is -2.24. The van der Waals surface area contributed by atoms with Gasteiger partial charge in [-0.25, -0.2) is 19.1 Å². The number of ether oxygens (including phenoxy) is 1. The molecule has 1 aliphatic carbocycles. The Bertz CT molecular complexity index is 1770. The zero-order chi connectivity index (χ0) is 30.3. The summed E-state index contributed by atoms with van der Waals surface area (Å²) in [5, 5.41) is 20.6. The van der Waals surface area contributed by atoms with Crippen molar-refractivity contribution in [3.8, 4) is 0 Å². The zero-order valence-electron chi connectivity index (χ0n) is 23.6. The number of aromatic carboxylic acids is 1. The van der Waals surface area contributed by atoms with Gasteiger partial charge in [0, 0.05) is 0 Å². The van der Waals surface area contributed by atoms with E-state index in [1.807, 2.05) is 33.8 Å². The minimum atomic E-state index is -1.26. The molecule has 2 aromatic heterocycles. The van der Waals surface area contributed by atoms with Crippen molar-refractivity contribution in [3.05, 3.63) is 99.5 Å². The first kappa shape index (κ1) is 28.8. The topological polar surface area (TPSA) is 135 Å². The van der Waals surface area contributed by atoms with Crippen LogP contribution >= 0.6 is 11.6 Å². The molecule has 0 bridgehead atoms. The van der Waals surface area contributed by atoms with Crippen molar-refractivity contribution in [2.45, 2.75) is 52.2 Å². The van der Waals surface area contributed by atoms with Gasteiger partial charge in [0.05, 0.1) is 39.9 Å². The number of para-hydroxylation sites is 1. The van der Waals surface area contributed by atoms with Crippen LogP contribution in [-0.2, 0) is 11.2 Å². The monoisotopic (exact) mass is 587 g/mol. The first-order valence-corrected chi connectivity index (χ1v) is 13.7. The van der Waals surface area contributed by atoms with Crippen molar-refractivity contribution in [1.29, 1.82) is 0 Å². The van der Waals surface area contributed by atoms with E-state index in [0.717, 1.165) is 29.5 Å². The van der Waals surface area contributed by atoms with Gasteiger partial charge in [-0.15, -0.1) is 0 Å². The van der Waals surface area contributed by atoms with Gasteiger partial charge in [0.2, 0.25) is 0 Å². The number of carbonyl (C=O) groups is 3. The molecule has 1 aliphatic rings. The van der Waals surface area contributed by atoms with Crippen molar-refractivity contribution < 1.29 is 24.2 Å². The molecular weight excluding hydrogens is 558 g/mol. The van der Waals surface area contributed by atoms with Crippen LogP contribution in [0.2, 0.25) is 5.02 Å². The highest BCUT2D eigenvalue weighted by Crippen LogP contribution is 2.36. The minimum Gasteiger partial charge on any atom is -0.477 e. The molecule has 5 rings (SSSR count). The molecule has 216 valence electrons. The summed E-state index contributed by atoms with van der Waals surface area (Å²) in [6.45, 7) is 11.6. The lowest BCUT2D eigenvalue weighted by molar-refractivity contribution is 0.00683. The van der Waals surface area contributed by atoms with Crippen molar-refractivity contribution in [3.63, 3.8) is 0 Å². The maximum Gasteiger partial charge on any atom is 0.354 e. The molecule has 2 heterocycles. The molecule has 0 saturated heterocycles. The number of benzene rings is 2. The molecule has 0 radical (unpaired) electrons. The number of nitrogens with one attached hydrogen (secondary N) is 2. The van der Waals surface area contributed by atoms with Gasteiger partial charge < -0.3 is 20.5 Å². The standard InChI is InChI=1S/C31H30ClN5O5/c1-16-18-12-13-23(20(18)11-10-19(16)30(41)42-31(3,4)5)34-17(2)26-14-25(29(39)40)35-27-21(15-33-37(26)27)28(38)36-24-9-7-6-8-22(24)32/h6-11,14-15,23,34H,2,12-13H2,1,3-5H3,(H,36,38)(H,39,40)/t23-/m0/s1. The molecule has 0 unspecified atom stereocenters. The molecule has 0 fully saturated rings. The maximum absolute atomic E-state index is 13.1. The molecule has 1 amide bonds. The number of rotatable bonds is 7. The Labute approximate surface area is 247 Å². The summed E-state index contributed by atoms with van der Waals surface area (Å²) in [6.07, 6.45) is 2.80. The first-order valence-electron chi connectivity index (χ1n) is 13.3. The third-order valence-electron chi connectivity index (χ3n) is 7.03. The maximum atomic E-state index is 13.1. The second-order valence-corrected chi connectivity index (χ2v) is 11.5. The average Bonchev–Trinajstić information content (AvgIpc) is 3.53. The van der Waals surface area contributed by atoms with Crippen LogP contribution < -0.4 is 10.6 Å². The molecule has 4 aromatic rings.